The summed E-state index contributed by atoms with van der Waals surface area (Å²) < 4.78 is 6.19. The topological polar surface area (TPSA) is 69.6 Å². The summed E-state index contributed by atoms with van der Waals surface area (Å²) in [7, 11) is 0. The molecule has 0 aliphatic rings. The fraction of sp³-hybridized carbons (Fsp3) is 0. The maximum absolute atomic E-state index is 5.80. The van der Waals surface area contributed by atoms with Crippen LogP contribution in [0.2, 0.25) is 0 Å². The maximum Gasteiger partial charge on any atom is 0.181 e. The minimum atomic E-state index is 0.653. The predicted molar refractivity (Wildman–Crippen MR) is 84.4 cm³/mol. The van der Waals surface area contributed by atoms with E-state index in [-0.39, 0.29) is 0 Å². The molecule has 4 aromatic rings. The summed E-state index contributed by atoms with van der Waals surface area (Å²) in [6.07, 6.45) is 1.71. The van der Waals surface area contributed by atoms with Crippen molar-refractivity contribution in [2.24, 2.45) is 0 Å². The number of nitrogen functional groups attached to an aromatic ring is 1. The van der Waals surface area contributed by atoms with Gasteiger partial charge in [-0.1, -0.05) is 24.3 Å². The summed E-state index contributed by atoms with van der Waals surface area (Å²) in [5.74, 6) is 0.653. The van der Waals surface area contributed by atoms with Gasteiger partial charge in [-0.2, -0.15) is 4.37 Å². The van der Waals surface area contributed by atoms with Gasteiger partial charge in [-0.05, 0) is 35.8 Å². The molecule has 0 saturated heterocycles. The van der Waals surface area contributed by atoms with Crippen LogP contribution in [0.15, 0.2) is 54.9 Å². The average molecular weight is 293 g/mol. The molecule has 0 amide bonds. The Labute approximate surface area is 124 Å². The van der Waals surface area contributed by atoms with Crippen LogP contribution in [0.3, 0.4) is 0 Å². The SMILES string of the molecule is Nc1cccc(-c2ncn(-c3snc4ccccc34)n2)c1. The number of nitrogens with zero attached hydrogens (tertiary/aromatic N) is 4. The van der Waals surface area contributed by atoms with Crippen molar-refractivity contribution in [2.75, 3.05) is 5.73 Å². The summed E-state index contributed by atoms with van der Waals surface area (Å²) in [5, 5.41) is 6.58. The summed E-state index contributed by atoms with van der Waals surface area (Å²) in [4.78, 5) is 4.37. The first-order chi connectivity index (χ1) is 10.3. The molecule has 2 heterocycles. The van der Waals surface area contributed by atoms with E-state index in [1.807, 2.05) is 48.5 Å². The molecule has 0 atom stereocenters. The monoisotopic (exact) mass is 293 g/mol. The van der Waals surface area contributed by atoms with Gasteiger partial charge in [-0.3, -0.25) is 0 Å². The highest BCUT2D eigenvalue weighted by Gasteiger charge is 2.11. The number of hydrogen-bond acceptors (Lipinski definition) is 5. The van der Waals surface area contributed by atoms with Crippen LogP contribution in [-0.4, -0.2) is 19.1 Å². The van der Waals surface area contributed by atoms with Crippen molar-refractivity contribution in [3.05, 3.63) is 54.9 Å². The highest BCUT2D eigenvalue weighted by Crippen LogP contribution is 2.26. The van der Waals surface area contributed by atoms with Crippen molar-refractivity contribution < 1.29 is 0 Å². The van der Waals surface area contributed by atoms with E-state index < -0.39 is 0 Å². The summed E-state index contributed by atoms with van der Waals surface area (Å²) >= 11 is 1.41. The molecular weight excluding hydrogens is 282 g/mol. The van der Waals surface area contributed by atoms with Crippen LogP contribution in [0, 0.1) is 0 Å². The summed E-state index contributed by atoms with van der Waals surface area (Å²) in [6.45, 7) is 0. The Balaban J connectivity index is 1.81. The van der Waals surface area contributed by atoms with Gasteiger partial charge in [-0.15, -0.1) is 5.10 Å². The van der Waals surface area contributed by atoms with Gasteiger partial charge in [-0.25, -0.2) is 9.67 Å². The first kappa shape index (κ1) is 12.0. The van der Waals surface area contributed by atoms with E-state index in [9.17, 15) is 0 Å². The number of aromatic nitrogens is 4. The lowest BCUT2D eigenvalue weighted by atomic mass is 10.2. The molecule has 0 aliphatic heterocycles. The molecule has 0 saturated carbocycles. The average Bonchev–Trinajstić information content (AvgIpc) is 3.14. The molecule has 0 bridgehead atoms. The van der Waals surface area contributed by atoms with Crippen LogP contribution in [0.1, 0.15) is 0 Å². The largest absolute Gasteiger partial charge is 0.399 e. The molecule has 0 unspecified atom stereocenters. The second-order valence-corrected chi connectivity index (χ2v) is 5.39. The predicted octanol–water partition coefficient (Wildman–Crippen LogP) is 3.13. The van der Waals surface area contributed by atoms with Crippen LogP contribution in [0.5, 0.6) is 0 Å². The van der Waals surface area contributed by atoms with Gasteiger partial charge < -0.3 is 5.73 Å². The van der Waals surface area contributed by atoms with Crippen LogP contribution >= 0.6 is 11.5 Å². The molecule has 0 fully saturated rings. The van der Waals surface area contributed by atoms with E-state index in [1.165, 1.54) is 11.5 Å². The molecule has 2 aromatic carbocycles. The third-order valence-electron chi connectivity index (χ3n) is 3.21. The van der Waals surface area contributed by atoms with Gasteiger partial charge in [0, 0.05) is 16.6 Å². The molecule has 0 aliphatic carbocycles. The van der Waals surface area contributed by atoms with E-state index in [2.05, 4.69) is 14.5 Å². The fourth-order valence-corrected chi connectivity index (χ4v) is 3.00. The lowest BCUT2D eigenvalue weighted by Gasteiger charge is -1.98. The van der Waals surface area contributed by atoms with Gasteiger partial charge in [0.1, 0.15) is 11.3 Å². The van der Waals surface area contributed by atoms with Crippen LogP contribution in [0.25, 0.3) is 27.3 Å². The molecule has 0 spiro atoms. The number of rotatable bonds is 2. The molecule has 21 heavy (non-hydrogen) atoms. The number of anilines is 1. The number of hydrogen-bond donors (Lipinski definition) is 1. The second kappa shape index (κ2) is 4.68. The Hall–Kier alpha value is -2.73. The molecule has 6 heteroatoms. The fourth-order valence-electron chi connectivity index (χ4n) is 2.21. The van der Waals surface area contributed by atoms with Gasteiger partial charge in [0.05, 0.1) is 5.52 Å². The smallest absolute Gasteiger partial charge is 0.181 e. The Morgan fingerprint density at radius 1 is 1.05 bits per heavy atom. The van der Waals surface area contributed by atoms with Crippen molar-refractivity contribution in [3.8, 4) is 16.4 Å². The third-order valence-corrected chi connectivity index (χ3v) is 4.08. The summed E-state index contributed by atoms with van der Waals surface area (Å²) in [5.41, 5.74) is 8.38. The quantitative estimate of drug-likeness (QED) is 0.576. The Kier molecular flexibility index (Phi) is 2.68. The first-order valence-corrected chi connectivity index (χ1v) is 7.21. The van der Waals surface area contributed by atoms with Gasteiger partial charge in [0.2, 0.25) is 0 Å². The van der Waals surface area contributed by atoms with Crippen molar-refractivity contribution in [1.82, 2.24) is 19.1 Å². The number of nitrogens with two attached hydrogens (primary N) is 1. The highest BCUT2D eigenvalue weighted by atomic mass is 32.1. The van der Waals surface area contributed by atoms with E-state index >= 15 is 0 Å². The second-order valence-electron chi connectivity index (χ2n) is 4.64. The van der Waals surface area contributed by atoms with E-state index in [1.54, 1.807) is 11.0 Å². The van der Waals surface area contributed by atoms with Crippen molar-refractivity contribution in [2.45, 2.75) is 0 Å². The molecular formula is C15H11N5S. The zero-order chi connectivity index (χ0) is 14.2. The molecule has 5 nitrogen and oxygen atoms in total. The minimum absolute atomic E-state index is 0.653. The Bertz CT molecular complexity index is 924. The van der Waals surface area contributed by atoms with Gasteiger partial charge >= 0.3 is 0 Å². The highest BCUT2D eigenvalue weighted by molar-refractivity contribution is 7.10. The third kappa shape index (κ3) is 2.05. The lowest BCUT2D eigenvalue weighted by molar-refractivity contribution is 0.905. The Morgan fingerprint density at radius 3 is 2.86 bits per heavy atom. The minimum Gasteiger partial charge on any atom is -0.399 e. The van der Waals surface area contributed by atoms with E-state index in [0.717, 1.165) is 21.5 Å². The summed E-state index contributed by atoms with van der Waals surface area (Å²) in [6, 6.07) is 15.6. The van der Waals surface area contributed by atoms with Crippen molar-refractivity contribution in [3.63, 3.8) is 0 Å². The normalized spacial score (nSPS) is 11.0. The molecule has 2 aromatic heterocycles. The van der Waals surface area contributed by atoms with Crippen LogP contribution in [-0.2, 0) is 0 Å². The number of benzene rings is 2. The molecule has 4 rings (SSSR count). The van der Waals surface area contributed by atoms with E-state index in [0.29, 0.717) is 11.5 Å². The van der Waals surface area contributed by atoms with E-state index in [4.69, 9.17) is 5.73 Å². The zero-order valence-corrected chi connectivity index (χ0v) is 11.8. The maximum atomic E-state index is 5.80. The number of fused-ring (bicyclic) bond motifs is 1. The van der Waals surface area contributed by atoms with Crippen molar-refractivity contribution in [1.29, 1.82) is 0 Å². The van der Waals surface area contributed by atoms with Gasteiger partial charge in [0.25, 0.3) is 0 Å². The Morgan fingerprint density at radius 2 is 1.95 bits per heavy atom. The lowest BCUT2D eigenvalue weighted by Crippen LogP contribution is -1.92. The van der Waals surface area contributed by atoms with Crippen LogP contribution < -0.4 is 5.73 Å². The van der Waals surface area contributed by atoms with Crippen molar-refractivity contribution >= 4 is 28.1 Å². The molecule has 2 N–H and O–H groups in total. The standard InChI is InChI=1S/C15H11N5S/c16-11-5-3-4-10(8-11)14-17-9-20(18-14)15-12-6-1-2-7-13(12)19-21-15/h1-9H,16H2. The zero-order valence-electron chi connectivity index (χ0n) is 11.0. The van der Waals surface area contributed by atoms with Crippen LogP contribution in [0.4, 0.5) is 5.69 Å². The first-order valence-electron chi connectivity index (χ1n) is 6.43. The van der Waals surface area contributed by atoms with Gasteiger partial charge in [0.15, 0.2) is 5.82 Å². The molecule has 102 valence electrons. The molecule has 0 radical (unpaired) electrons.